The molecule has 5 heteroatoms. The summed E-state index contributed by atoms with van der Waals surface area (Å²) in [7, 11) is 0. The first-order valence-electron chi connectivity index (χ1n) is 6.91. The summed E-state index contributed by atoms with van der Waals surface area (Å²) in [4.78, 5) is 4.23. The average Bonchev–Trinajstić information content (AvgIpc) is 2.55. The monoisotopic (exact) mass is 294 g/mol. The van der Waals surface area contributed by atoms with Crippen LogP contribution in [0.5, 0.6) is 0 Å². The minimum atomic E-state index is -1.57. The first-order chi connectivity index (χ1) is 10.7. The van der Waals surface area contributed by atoms with E-state index in [1.165, 1.54) is 18.5 Å². The molecule has 0 saturated carbocycles. The van der Waals surface area contributed by atoms with Crippen LogP contribution in [0.3, 0.4) is 0 Å². The van der Waals surface area contributed by atoms with E-state index in [1.807, 2.05) is 36.5 Å². The summed E-state index contributed by atoms with van der Waals surface area (Å²) in [6, 6.07) is 15.4. The molecule has 1 unspecified atom stereocenters. The molecule has 0 saturated heterocycles. The van der Waals surface area contributed by atoms with Gasteiger partial charge in [0.1, 0.15) is 12.2 Å². The lowest BCUT2D eigenvalue weighted by Gasteiger charge is -2.25. The van der Waals surface area contributed by atoms with Gasteiger partial charge in [-0.1, -0.05) is 35.0 Å². The van der Waals surface area contributed by atoms with Crippen LogP contribution in [0.25, 0.3) is 10.8 Å². The highest BCUT2D eigenvalue weighted by Crippen LogP contribution is 2.34. The highest BCUT2D eigenvalue weighted by molar-refractivity contribution is 5.85. The zero-order valence-corrected chi connectivity index (χ0v) is 11.6. The summed E-state index contributed by atoms with van der Waals surface area (Å²) < 4.78 is 14.9. The van der Waals surface area contributed by atoms with Crippen molar-refractivity contribution < 1.29 is 14.2 Å². The lowest BCUT2D eigenvalue weighted by atomic mass is 9.94. The molecule has 0 spiro atoms. The SMILES string of the molecule is OC1(c2ccc(F)cc2)N=CN[n+]2ccc3ccccc3c21. The van der Waals surface area contributed by atoms with Crippen LogP contribution >= 0.6 is 0 Å². The summed E-state index contributed by atoms with van der Waals surface area (Å²) in [5.41, 5.74) is 2.52. The minimum Gasteiger partial charge on any atom is -0.357 e. The lowest BCUT2D eigenvalue weighted by molar-refractivity contribution is -0.655. The third-order valence-electron chi connectivity index (χ3n) is 3.89. The molecule has 2 aromatic carbocycles. The normalized spacial score (nSPS) is 19.7. The number of nitrogens with zero attached hydrogens (tertiary/aromatic N) is 2. The van der Waals surface area contributed by atoms with Gasteiger partial charge in [-0.25, -0.2) is 9.38 Å². The van der Waals surface area contributed by atoms with Gasteiger partial charge in [-0.3, -0.25) is 0 Å². The van der Waals surface area contributed by atoms with Crippen molar-refractivity contribution in [3.8, 4) is 0 Å². The van der Waals surface area contributed by atoms with Crippen molar-refractivity contribution in [1.82, 2.24) is 0 Å². The molecule has 0 amide bonds. The van der Waals surface area contributed by atoms with Crippen LogP contribution in [-0.2, 0) is 5.72 Å². The zero-order valence-electron chi connectivity index (χ0n) is 11.6. The van der Waals surface area contributed by atoms with Gasteiger partial charge in [0.05, 0.1) is 5.39 Å². The molecule has 1 aromatic heterocycles. The topological polar surface area (TPSA) is 48.5 Å². The number of aliphatic hydroxyl groups is 1. The van der Waals surface area contributed by atoms with Crippen molar-refractivity contribution in [1.29, 1.82) is 0 Å². The number of benzene rings is 2. The second kappa shape index (κ2) is 4.61. The molecule has 22 heavy (non-hydrogen) atoms. The molecule has 4 rings (SSSR count). The van der Waals surface area contributed by atoms with E-state index in [4.69, 9.17) is 0 Å². The number of fused-ring (bicyclic) bond motifs is 3. The van der Waals surface area contributed by atoms with E-state index in [9.17, 15) is 9.50 Å². The van der Waals surface area contributed by atoms with Gasteiger partial charge in [-0.15, -0.1) is 5.43 Å². The van der Waals surface area contributed by atoms with Crippen LogP contribution in [0.1, 0.15) is 11.3 Å². The van der Waals surface area contributed by atoms with E-state index >= 15 is 0 Å². The van der Waals surface area contributed by atoms with Crippen LogP contribution in [-0.4, -0.2) is 11.4 Å². The molecule has 0 bridgehead atoms. The molecule has 0 radical (unpaired) electrons. The fourth-order valence-electron chi connectivity index (χ4n) is 2.82. The Hall–Kier alpha value is -2.79. The maximum atomic E-state index is 13.2. The van der Waals surface area contributed by atoms with Gasteiger partial charge in [0, 0.05) is 11.6 Å². The Bertz CT molecular complexity index is 892. The van der Waals surface area contributed by atoms with Gasteiger partial charge in [0.15, 0.2) is 0 Å². The number of nitrogens with one attached hydrogen (secondary N) is 1. The van der Waals surface area contributed by atoms with Gasteiger partial charge in [0.25, 0.3) is 11.4 Å². The predicted octanol–water partition coefficient (Wildman–Crippen LogP) is 2.05. The van der Waals surface area contributed by atoms with E-state index in [0.29, 0.717) is 11.3 Å². The molecule has 108 valence electrons. The molecule has 1 aliphatic heterocycles. The summed E-state index contributed by atoms with van der Waals surface area (Å²) in [5.74, 6) is -0.351. The Balaban J connectivity index is 2.04. The van der Waals surface area contributed by atoms with Crippen molar-refractivity contribution in [3.05, 3.63) is 77.9 Å². The first-order valence-corrected chi connectivity index (χ1v) is 6.91. The van der Waals surface area contributed by atoms with Gasteiger partial charge in [-0.2, -0.15) is 0 Å². The van der Waals surface area contributed by atoms with E-state index in [0.717, 1.165) is 10.8 Å². The zero-order chi connectivity index (χ0) is 15.2. The molecule has 1 atom stereocenters. The van der Waals surface area contributed by atoms with E-state index < -0.39 is 5.72 Å². The van der Waals surface area contributed by atoms with Gasteiger partial charge in [0.2, 0.25) is 6.20 Å². The molecule has 0 aliphatic carbocycles. The van der Waals surface area contributed by atoms with E-state index in [1.54, 1.807) is 16.8 Å². The summed E-state index contributed by atoms with van der Waals surface area (Å²) in [5, 5.41) is 13.1. The second-order valence-electron chi connectivity index (χ2n) is 5.19. The molecule has 4 nitrogen and oxygen atoms in total. The Morgan fingerprint density at radius 2 is 1.82 bits per heavy atom. The molecule has 3 aromatic rings. The third kappa shape index (κ3) is 1.79. The number of pyridine rings is 1. The van der Waals surface area contributed by atoms with Crippen LogP contribution in [0, 0.1) is 5.82 Å². The number of hydrogen-bond acceptors (Lipinski definition) is 3. The van der Waals surface area contributed by atoms with Crippen molar-refractivity contribution in [2.24, 2.45) is 4.99 Å². The largest absolute Gasteiger partial charge is 0.357 e. The molecular formula is C17H13FN3O+. The van der Waals surface area contributed by atoms with Gasteiger partial charge < -0.3 is 5.11 Å². The molecular weight excluding hydrogens is 281 g/mol. The summed E-state index contributed by atoms with van der Waals surface area (Å²) in [6.45, 7) is 0. The van der Waals surface area contributed by atoms with Crippen LogP contribution in [0.4, 0.5) is 4.39 Å². The Labute approximate surface area is 126 Å². The standard InChI is InChI=1S/C17H13FN3O/c18-14-7-5-13(6-8-14)17(22)16-15-4-2-1-3-12(15)9-10-21(16)20-11-19-17/h1-11,22H,(H,19,20)/q+1. The molecule has 1 aliphatic rings. The van der Waals surface area contributed by atoms with E-state index in [2.05, 4.69) is 10.4 Å². The Morgan fingerprint density at radius 1 is 1.05 bits per heavy atom. The smallest absolute Gasteiger partial charge is 0.278 e. The quantitative estimate of drug-likeness (QED) is 0.675. The third-order valence-corrected chi connectivity index (χ3v) is 3.89. The fraction of sp³-hybridized carbons (Fsp3) is 0.0588. The highest BCUT2D eigenvalue weighted by Gasteiger charge is 2.43. The average molecular weight is 294 g/mol. The minimum absolute atomic E-state index is 0.351. The Morgan fingerprint density at radius 3 is 2.64 bits per heavy atom. The first kappa shape index (κ1) is 12.9. The fourth-order valence-corrected chi connectivity index (χ4v) is 2.82. The Kier molecular flexibility index (Phi) is 2.71. The number of hydrogen-bond donors (Lipinski definition) is 2. The van der Waals surface area contributed by atoms with Gasteiger partial charge in [-0.05, 0) is 23.6 Å². The van der Waals surface area contributed by atoms with Crippen molar-refractivity contribution in [3.63, 3.8) is 0 Å². The number of aliphatic imine (C=N–C) groups is 1. The van der Waals surface area contributed by atoms with Crippen LogP contribution in [0.2, 0.25) is 0 Å². The van der Waals surface area contributed by atoms with Crippen molar-refractivity contribution in [2.75, 3.05) is 5.43 Å². The number of rotatable bonds is 1. The van der Waals surface area contributed by atoms with Crippen LogP contribution < -0.4 is 10.1 Å². The predicted molar refractivity (Wildman–Crippen MR) is 81.4 cm³/mol. The number of aromatic nitrogens is 1. The second-order valence-corrected chi connectivity index (χ2v) is 5.19. The molecule has 2 N–H and O–H groups in total. The maximum Gasteiger partial charge on any atom is 0.278 e. The van der Waals surface area contributed by atoms with Gasteiger partial charge >= 0.3 is 0 Å². The molecule has 2 heterocycles. The summed E-state index contributed by atoms with van der Waals surface area (Å²) >= 11 is 0. The highest BCUT2D eigenvalue weighted by atomic mass is 19.1. The van der Waals surface area contributed by atoms with Crippen molar-refractivity contribution >= 4 is 17.1 Å². The van der Waals surface area contributed by atoms with E-state index in [-0.39, 0.29) is 5.82 Å². The maximum absolute atomic E-state index is 13.2. The summed E-state index contributed by atoms with van der Waals surface area (Å²) in [6.07, 6.45) is 3.27. The number of halogens is 1. The molecule has 0 fully saturated rings. The lowest BCUT2D eigenvalue weighted by Crippen LogP contribution is -2.56. The van der Waals surface area contributed by atoms with Crippen molar-refractivity contribution in [2.45, 2.75) is 5.72 Å². The van der Waals surface area contributed by atoms with Crippen LogP contribution in [0.15, 0.2) is 65.8 Å².